The van der Waals surface area contributed by atoms with Crippen LogP contribution in [-0.4, -0.2) is 129 Å². The van der Waals surface area contributed by atoms with Gasteiger partial charge in [-0.2, -0.15) is 0 Å². The van der Waals surface area contributed by atoms with Gasteiger partial charge in [-0.15, -0.1) is 0 Å². The lowest BCUT2D eigenvalue weighted by molar-refractivity contribution is 0.100. The van der Waals surface area contributed by atoms with Crippen molar-refractivity contribution in [1.29, 1.82) is 0 Å². The molecule has 9 rings (SSSR count). The van der Waals surface area contributed by atoms with E-state index in [0.717, 1.165) is 149 Å². The van der Waals surface area contributed by atoms with Crippen molar-refractivity contribution in [3.63, 3.8) is 0 Å². The van der Waals surface area contributed by atoms with Gasteiger partial charge in [-0.25, -0.2) is 4.39 Å². The molecule has 432 valence electrons. The van der Waals surface area contributed by atoms with E-state index in [1.807, 2.05) is 73.7 Å². The average molecular weight is 1110 g/mol. The molecule has 0 unspecified atom stereocenters. The van der Waals surface area contributed by atoms with Gasteiger partial charge in [0.15, 0.2) is 34.7 Å². The Bertz CT molecular complexity index is 3740. The van der Waals surface area contributed by atoms with Gasteiger partial charge in [0.25, 0.3) is 0 Å². The van der Waals surface area contributed by atoms with Crippen molar-refractivity contribution in [2.24, 2.45) is 0 Å². The number of aromatic nitrogens is 3. The van der Waals surface area contributed by atoms with Gasteiger partial charge in [0, 0.05) is 111 Å². The summed E-state index contributed by atoms with van der Waals surface area (Å²) in [6.07, 6.45) is 0. The maximum absolute atomic E-state index is 14.5. The molecular weight excluding hydrogens is 1030 g/mol. The Morgan fingerprint density at radius 3 is 1.12 bits per heavy atom. The fourth-order valence-electron chi connectivity index (χ4n) is 11.4. The number of rotatable bonds is 22. The summed E-state index contributed by atoms with van der Waals surface area (Å²) in [6, 6.07) is 28.3. The van der Waals surface area contributed by atoms with Crippen LogP contribution in [0.15, 0.2) is 91.0 Å². The van der Waals surface area contributed by atoms with E-state index in [9.17, 15) is 33.2 Å². The Morgan fingerprint density at radius 2 is 0.744 bits per heavy atom. The van der Waals surface area contributed by atoms with Gasteiger partial charge >= 0.3 is 0 Å². The molecule has 0 aliphatic heterocycles. The van der Waals surface area contributed by atoms with Crippen LogP contribution in [0.3, 0.4) is 0 Å². The fourth-order valence-corrected chi connectivity index (χ4v) is 11.4. The molecule has 82 heavy (non-hydrogen) atoms. The van der Waals surface area contributed by atoms with Crippen molar-refractivity contribution in [3.8, 4) is 5.75 Å². The SMILES string of the molecule is CCN(CC)CCn1c2ccc(C(C)=O)cc2c2c(OC)c(C(C)=O)ccc21.CCN(CC)CCn1c2ccc(C(C)=O)cc2c2cc(C(C)=O)c(C)cc21.CCN(CC)CCn1c2ccc(C(C)=O)cc2c2cc(C(C)=O)c(F)cc21. The molecule has 9 aromatic rings. The van der Waals surface area contributed by atoms with E-state index < -0.39 is 5.82 Å². The quantitative estimate of drug-likeness (QED) is 0.0603. The van der Waals surface area contributed by atoms with Gasteiger partial charge in [-0.05, 0) is 184 Å². The highest BCUT2D eigenvalue weighted by molar-refractivity contribution is 6.17. The Balaban J connectivity index is 0.000000177. The minimum Gasteiger partial charge on any atom is -0.495 e. The minimum absolute atomic E-state index is 0.0187. The van der Waals surface area contributed by atoms with Crippen molar-refractivity contribution in [1.82, 2.24) is 28.4 Å². The van der Waals surface area contributed by atoms with Crippen LogP contribution in [0.2, 0.25) is 0 Å². The number of nitrogens with zero attached hydrogens (tertiary/aromatic N) is 6. The van der Waals surface area contributed by atoms with Crippen LogP contribution in [-0.2, 0) is 19.6 Å². The first kappa shape index (κ1) is 62.0. The van der Waals surface area contributed by atoms with Gasteiger partial charge in [0.05, 0.1) is 34.7 Å². The summed E-state index contributed by atoms with van der Waals surface area (Å²) < 4.78 is 26.9. The van der Waals surface area contributed by atoms with E-state index in [1.54, 1.807) is 46.9 Å². The number of ether oxygens (including phenoxy) is 1. The Kier molecular flexibility index (Phi) is 20.4. The fraction of sp³-hybridized carbons (Fsp3) is 0.382. The second kappa shape index (κ2) is 27.0. The highest BCUT2D eigenvalue weighted by atomic mass is 19.1. The molecular formula is C68H81FN6O7. The van der Waals surface area contributed by atoms with E-state index in [0.29, 0.717) is 34.5 Å². The molecule has 13 nitrogen and oxygen atoms in total. The highest BCUT2D eigenvalue weighted by Gasteiger charge is 2.22. The maximum Gasteiger partial charge on any atom is 0.163 e. The zero-order chi connectivity index (χ0) is 59.9. The third-order valence-electron chi connectivity index (χ3n) is 16.3. The molecule has 0 saturated heterocycles. The van der Waals surface area contributed by atoms with Crippen molar-refractivity contribution >= 4 is 100 Å². The predicted octanol–water partition coefficient (Wildman–Crippen LogP) is 14.1. The summed E-state index contributed by atoms with van der Waals surface area (Å²) in [4.78, 5) is 78.8. The summed E-state index contributed by atoms with van der Waals surface area (Å²) in [7, 11) is 1.59. The molecule has 0 amide bonds. The molecule has 0 N–H and O–H groups in total. The number of likely N-dealkylation sites (N-methyl/N-ethyl adjacent to an activating group) is 3. The molecule has 6 aromatic carbocycles. The maximum atomic E-state index is 14.5. The highest BCUT2D eigenvalue weighted by Crippen LogP contribution is 2.39. The smallest absolute Gasteiger partial charge is 0.163 e. The lowest BCUT2D eigenvalue weighted by Crippen LogP contribution is -2.27. The van der Waals surface area contributed by atoms with Crippen LogP contribution in [0.4, 0.5) is 4.39 Å². The number of fused-ring (bicyclic) bond motifs is 9. The monoisotopic (exact) mass is 1110 g/mol. The van der Waals surface area contributed by atoms with Crippen LogP contribution in [0.25, 0.3) is 65.4 Å². The topological polar surface area (TPSA) is 136 Å². The molecule has 3 aromatic heterocycles. The van der Waals surface area contributed by atoms with Crippen molar-refractivity contribution in [3.05, 3.63) is 136 Å². The number of carbonyl (C=O) groups is 6. The van der Waals surface area contributed by atoms with Crippen molar-refractivity contribution in [2.75, 3.05) is 66.0 Å². The standard InChI is InChI=1S/C23H28N2O3.C23H28N2O2.C22H25FN2O2/c1-6-24(7-2)12-13-25-20-10-8-17(15(3)26)14-19(20)22-21(25)11-9-18(16(4)27)23(22)28-5;1-6-24(7-2)10-11-25-22-9-8-18(16(4)26)13-20(22)21-14-19(17(5)27)15(3)12-23(21)25;1-5-24(6-2)9-10-25-21-8-7-16(14(3)26)11-18(21)19-12-17(15(4)27)20(23)13-22(19)25/h8-11,14H,6-7,12-13H2,1-5H3;8-9,12-14H,6-7,10-11H2,1-5H3;7-8,11-13H,5-6,9-10H2,1-4H3. The minimum atomic E-state index is -0.506. The van der Waals surface area contributed by atoms with Crippen LogP contribution >= 0.6 is 0 Å². The molecule has 0 aliphatic carbocycles. The van der Waals surface area contributed by atoms with E-state index in [-0.39, 0.29) is 40.3 Å². The third kappa shape index (κ3) is 12.8. The van der Waals surface area contributed by atoms with E-state index >= 15 is 0 Å². The van der Waals surface area contributed by atoms with Crippen LogP contribution in [0.5, 0.6) is 5.75 Å². The summed E-state index contributed by atoms with van der Waals surface area (Å²) in [5.41, 5.74) is 10.4. The Labute approximate surface area is 481 Å². The number of Topliss-reactive ketones (excluding diaryl/α,β-unsaturated/α-hetero) is 6. The van der Waals surface area contributed by atoms with Crippen LogP contribution in [0, 0.1) is 12.7 Å². The zero-order valence-corrected chi connectivity index (χ0v) is 50.6. The number of halogens is 1. The first-order valence-corrected chi connectivity index (χ1v) is 28.8. The summed E-state index contributed by atoms with van der Waals surface area (Å²) in [5.74, 6) is -0.138. The molecule has 0 saturated carbocycles. The van der Waals surface area contributed by atoms with Gasteiger partial charge in [0.2, 0.25) is 0 Å². The summed E-state index contributed by atoms with van der Waals surface area (Å²) in [5, 5.41) is 5.61. The molecule has 0 aliphatic rings. The van der Waals surface area contributed by atoms with Gasteiger partial charge < -0.3 is 33.1 Å². The zero-order valence-electron chi connectivity index (χ0n) is 50.6. The number of hydrogen-bond acceptors (Lipinski definition) is 10. The number of hydrogen-bond donors (Lipinski definition) is 0. The van der Waals surface area contributed by atoms with E-state index in [4.69, 9.17) is 4.74 Å². The van der Waals surface area contributed by atoms with Crippen LogP contribution < -0.4 is 4.74 Å². The lowest BCUT2D eigenvalue weighted by atomic mass is 10.0. The predicted molar refractivity (Wildman–Crippen MR) is 333 cm³/mol. The first-order valence-electron chi connectivity index (χ1n) is 28.8. The first-order chi connectivity index (χ1) is 39.2. The molecule has 0 bridgehead atoms. The molecule has 0 spiro atoms. The molecule has 0 radical (unpaired) electrons. The summed E-state index contributed by atoms with van der Waals surface area (Å²) in [6.45, 7) is 35.2. The number of ketones is 6. The largest absolute Gasteiger partial charge is 0.495 e. The Morgan fingerprint density at radius 1 is 0.402 bits per heavy atom. The van der Waals surface area contributed by atoms with E-state index in [1.165, 1.54) is 19.9 Å². The molecule has 3 heterocycles. The number of methoxy groups -OCH3 is 1. The van der Waals surface area contributed by atoms with E-state index in [2.05, 4.69) is 76.0 Å². The molecule has 14 heteroatoms. The lowest BCUT2D eigenvalue weighted by Gasteiger charge is -2.19. The molecule has 0 atom stereocenters. The number of benzene rings is 6. The number of carbonyl (C=O) groups excluding carboxylic acids is 6. The summed E-state index contributed by atoms with van der Waals surface area (Å²) >= 11 is 0. The van der Waals surface area contributed by atoms with Crippen molar-refractivity contribution < 1.29 is 37.9 Å². The average Bonchev–Trinajstić information content (AvgIpc) is 2.50. The second-order valence-corrected chi connectivity index (χ2v) is 21.1. The molecule has 0 fully saturated rings. The van der Waals surface area contributed by atoms with Crippen LogP contribution in [0.1, 0.15) is 151 Å². The normalized spacial score (nSPS) is 11.6. The van der Waals surface area contributed by atoms with Gasteiger partial charge in [0.1, 0.15) is 11.6 Å². The van der Waals surface area contributed by atoms with Gasteiger partial charge in [-0.1, -0.05) is 41.5 Å². The Hall–Kier alpha value is -7.65. The van der Waals surface area contributed by atoms with Crippen molar-refractivity contribution in [2.45, 2.75) is 110 Å². The number of aryl methyl sites for hydroxylation is 1. The third-order valence-corrected chi connectivity index (χ3v) is 16.3. The van der Waals surface area contributed by atoms with Gasteiger partial charge in [-0.3, -0.25) is 28.8 Å². The second-order valence-electron chi connectivity index (χ2n) is 21.1.